The average molecular weight is 235 g/mol. The van der Waals surface area contributed by atoms with E-state index in [1.807, 2.05) is 0 Å². The van der Waals surface area contributed by atoms with Gasteiger partial charge >= 0.3 is 5.97 Å². The first-order valence-corrected chi connectivity index (χ1v) is 4.63. The van der Waals surface area contributed by atoms with Crippen LogP contribution in [0.2, 0.25) is 0 Å². The summed E-state index contributed by atoms with van der Waals surface area (Å²) in [5.74, 6) is -0.620. The van der Waals surface area contributed by atoms with E-state index in [1.54, 1.807) is 6.07 Å². The first kappa shape index (κ1) is 11.1. The third-order valence-electron chi connectivity index (χ3n) is 1.73. The van der Waals surface area contributed by atoms with Crippen LogP contribution in [0.3, 0.4) is 0 Å². The second kappa shape index (κ2) is 4.53. The smallest absolute Gasteiger partial charge is 0.336 e. The van der Waals surface area contributed by atoms with Crippen LogP contribution in [-0.4, -0.2) is 18.2 Å². The van der Waals surface area contributed by atoms with Gasteiger partial charge in [0.25, 0.3) is 0 Å². The van der Waals surface area contributed by atoms with E-state index in [9.17, 15) is 4.79 Å². The summed E-state index contributed by atoms with van der Waals surface area (Å²) in [6.45, 7) is 0. The molecule has 0 spiro atoms. The Morgan fingerprint density at radius 1 is 1.50 bits per heavy atom. The summed E-state index contributed by atoms with van der Waals surface area (Å²) < 4.78 is 4.89. The predicted octanol–water partition coefficient (Wildman–Crippen LogP) is 2.87. The highest BCUT2D eigenvalue weighted by atomic mass is 35.5. The Morgan fingerprint density at radius 2 is 2.14 bits per heavy atom. The molecule has 0 atom stereocenters. The van der Waals surface area contributed by atoms with Gasteiger partial charge in [-0.05, 0) is 17.7 Å². The van der Waals surface area contributed by atoms with Crippen molar-refractivity contribution in [2.24, 2.45) is 0 Å². The summed E-state index contributed by atoms with van der Waals surface area (Å²) in [6.07, 6.45) is 0. The van der Waals surface area contributed by atoms with E-state index in [1.165, 1.54) is 19.2 Å². The Labute approximate surface area is 91.2 Å². The van der Waals surface area contributed by atoms with E-state index >= 15 is 0 Å². The molecule has 1 aromatic carbocycles. The first-order chi connectivity index (χ1) is 6.56. The lowest BCUT2D eigenvalue weighted by Gasteiger charge is -2.08. The number of methoxy groups -OCH3 is 1. The number of alkyl halides is 2. The number of carboxylic acid groups (broad SMARTS) is 1. The fourth-order valence-electron chi connectivity index (χ4n) is 1.04. The summed E-state index contributed by atoms with van der Waals surface area (Å²) in [7, 11) is 1.46. The van der Waals surface area contributed by atoms with Crippen LogP contribution in [0.5, 0.6) is 5.75 Å². The molecule has 0 amide bonds. The molecular formula is C9H8Cl2O3. The van der Waals surface area contributed by atoms with Crippen molar-refractivity contribution in [2.75, 3.05) is 7.11 Å². The second-order valence-corrected chi connectivity index (χ2v) is 3.66. The molecule has 0 heterocycles. The third kappa shape index (κ3) is 2.30. The van der Waals surface area contributed by atoms with Crippen molar-refractivity contribution in [2.45, 2.75) is 4.84 Å². The lowest BCUT2D eigenvalue weighted by molar-refractivity contribution is 0.0695. The second-order valence-electron chi connectivity index (χ2n) is 2.56. The highest BCUT2D eigenvalue weighted by Gasteiger charge is 2.15. The number of hydrogen-bond acceptors (Lipinski definition) is 2. The summed E-state index contributed by atoms with van der Waals surface area (Å²) in [5, 5.41) is 8.86. The Hall–Kier alpha value is -0.930. The summed E-state index contributed by atoms with van der Waals surface area (Å²) in [6, 6.07) is 4.53. The third-order valence-corrected chi connectivity index (χ3v) is 2.20. The quantitative estimate of drug-likeness (QED) is 0.819. The molecule has 1 rings (SSSR count). The van der Waals surface area contributed by atoms with Gasteiger partial charge in [-0.3, -0.25) is 0 Å². The predicted molar refractivity (Wildman–Crippen MR) is 54.4 cm³/mol. The minimum Gasteiger partial charge on any atom is -0.497 e. The molecule has 0 fully saturated rings. The molecule has 0 bridgehead atoms. The SMILES string of the molecule is COc1ccc(C(Cl)Cl)c(C(=O)O)c1. The number of carbonyl (C=O) groups is 1. The fourth-order valence-corrected chi connectivity index (χ4v) is 1.42. The van der Waals surface area contributed by atoms with E-state index in [4.69, 9.17) is 33.0 Å². The van der Waals surface area contributed by atoms with Gasteiger partial charge < -0.3 is 9.84 Å². The van der Waals surface area contributed by atoms with Gasteiger partial charge in [-0.15, -0.1) is 23.2 Å². The molecule has 5 heteroatoms. The lowest BCUT2D eigenvalue weighted by Crippen LogP contribution is -2.02. The van der Waals surface area contributed by atoms with E-state index in [0.717, 1.165) is 0 Å². The highest BCUT2D eigenvalue weighted by molar-refractivity contribution is 6.44. The maximum atomic E-state index is 10.8. The molecule has 14 heavy (non-hydrogen) atoms. The van der Waals surface area contributed by atoms with Gasteiger partial charge in [0.1, 0.15) is 10.6 Å². The molecule has 1 N–H and O–H groups in total. The molecule has 0 aliphatic carbocycles. The molecule has 3 nitrogen and oxygen atoms in total. The van der Waals surface area contributed by atoms with Gasteiger partial charge in [-0.1, -0.05) is 6.07 Å². The molecule has 0 saturated heterocycles. The van der Waals surface area contributed by atoms with Gasteiger partial charge in [-0.25, -0.2) is 4.79 Å². The molecule has 76 valence electrons. The number of halogens is 2. The van der Waals surface area contributed by atoms with Crippen molar-refractivity contribution in [3.05, 3.63) is 29.3 Å². The van der Waals surface area contributed by atoms with Crippen LogP contribution in [0.4, 0.5) is 0 Å². The highest BCUT2D eigenvalue weighted by Crippen LogP contribution is 2.30. The van der Waals surface area contributed by atoms with Crippen molar-refractivity contribution in [1.29, 1.82) is 0 Å². The lowest BCUT2D eigenvalue weighted by atomic mass is 10.1. The van der Waals surface area contributed by atoms with E-state index in [-0.39, 0.29) is 5.56 Å². The zero-order valence-corrected chi connectivity index (χ0v) is 8.84. The number of hydrogen-bond donors (Lipinski definition) is 1. The van der Waals surface area contributed by atoms with Crippen molar-refractivity contribution < 1.29 is 14.6 Å². The first-order valence-electron chi connectivity index (χ1n) is 3.75. The van der Waals surface area contributed by atoms with E-state index < -0.39 is 10.8 Å². The molecule has 0 aliphatic heterocycles. The minimum atomic E-state index is -1.08. The number of aromatic carboxylic acids is 1. The Morgan fingerprint density at radius 3 is 2.57 bits per heavy atom. The van der Waals surface area contributed by atoms with Crippen LogP contribution in [0.15, 0.2) is 18.2 Å². The average Bonchev–Trinajstić information content (AvgIpc) is 2.16. The number of benzene rings is 1. The van der Waals surface area contributed by atoms with E-state index in [0.29, 0.717) is 11.3 Å². The van der Waals surface area contributed by atoms with E-state index in [2.05, 4.69) is 0 Å². The van der Waals surface area contributed by atoms with Gasteiger partial charge in [0, 0.05) is 0 Å². The Bertz CT molecular complexity index is 350. The zero-order valence-electron chi connectivity index (χ0n) is 7.33. The number of rotatable bonds is 3. The van der Waals surface area contributed by atoms with Crippen LogP contribution in [-0.2, 0) is 0 Å². The number of ether oxygens (including phenoxy) is 1. The molecular weight excluding hydrogens is 227 g/mol. The van der Waals surface area contributed by atoms with Crippen molar-refractivity contribution in [3.8, 4) is 5.75 Å². The van der Waals surface area contributed by atoms with Crippen molar-refractivity contribution >= 4 is 29.2 Å². The molecule has 0 unspecified atom stereocenters. The molecule has 0 aromatic heterocycles. The minimum absolute atomic E-state index is 0.0550. The summed E-state index contributed by atoms with van der Waals surface area (Å²) in [5.41, 5.74) is 0.418. The largest absolute Gasteiger partial charge is 0.497 e. The van der Waals surface area contributed by atoms with Gasteiger partial charge in [-0.2, -0.15) is 0 Å². The van der Waals surface area contributed by atoms with Crippen molar-refractivity contribution in [3.63, 3.8) is 0 Å². The molecule has 1 aromatic rings. The zero-order chi connectivity index (χ0) is 10.7. The summed E-state index contributed by atoms with van der Waals surface area (Å²) in [4.78, 5) is 9.97. The Balaban J connectivity index is 3.24. The topological polar surface area (TPSA) is 46.5 Å². The molecule has 0 radical (unpaired) electrons. The van der Waals surface area contributed by atoms with Crippen molar-refractivity contribution in [1.82, 2.24) is 0 Å². The molecule has 0 saturated carbocycles. The Kier molecular flexibility index (Phi) is 3.61. The maximum absolute atomic E-state index is 10.8. The standard InChI is InChI=1S/C9H8Cl2O3/c1-14-5-2-3-6(8(10)11)7(4-5)9(12)13/h2-4,8H,1H3,(H,12,13). The summed E-state index contributed by atoms with van der Waals surface area (Å²) >= 11 is 11.2. The number of carboxylic acids is 1. The normalized spacial score (nSPS) is 10.3. The monoisotopic (exact) mass is 234 g/mol. The van der Waals surface area contributed by atoms with Crippen LogP contribution < -0.4 is 4.74 Å². The maximum Gasteiger partial charge on any atom is 0.336 e. The van der Waals surface area contributed by atoms with Crippen LogP contribution in [0.1, 0.15) is 20.8 Å². The van der Waals surface area contributed by atoms with Gasteiger partial charge in [0.2, 0.25) is 0 Å². The molecule has 0 aliphatic rings. The van der Waals surface area contributed by atoms with Gasteiger partial charge in [0.15, 0.2) is 0 Å². The van der Waals surface area contributed by atoms with Gasteiger partial charge in [0.05, 0.1) is 12.7 Å². The van der Waals surface area contributed by atoms with Crippen LogP contribution in [0, 0.1) is 0 Å². The fraction of sp³-hybridized carbons (Fsp3) is 0.222. The van der Waals surface area contributed by atoms with Crippen LogP contribution >= 0.6 is 23.2 Å². The van der Waals surface area contributed by atoms with Crippen LogP contribution in [0.25, 0.3) is 0 Å².